The van der Waals surface area contributed by atoms with Gasteiger partial charge in [-0.3, -0.25) is 0 Å². The Morgan fingerprint density at radius 2 is 1.06 bits per heavy atom. The van der Waals surface area contributed by atoms with Crippen LogP contribution in [-0.4, -0.2) is 8.42 Å². The Labute approximate surface area is 194 Å². The van der Waals surface area contributed by atoms with E-state index in [1.165, 1.54) is 5.75 Å². The highest BCUT2D eigenvalue weighted by atomic mass is 32.2. The van der Waals surface area contributed by atoms with Gasteiger partial charge in [-0.1, -0.05) is 120 Å². The second kappa shape index (κ2) is 9.21. The van der Waals surface area contributed by atoms with E-state index in [2.05, 4.69) is 46.3 Å². The average Bonchev–Trinajstić information content (AvgIpc) is 2.71. The van der Waals surface area contributed by atoms with Gasteiger partial charge in [0.25, 0.3) is 0 Å². The van der Waals surface area contributed by atoms with E-state index >= 15 is 0 Å². The fourth-order valence-electron chi connectivity index (χ4n) is 3.97. The van der Waals surface area contributed by atoms with E-state index in [-0.39, 0.29) is 10.8 Å². The molecular formula is C28H34NO2S. The molecule has 0 aliphatic rings. The standard InChI is InChI=1S/C28H34NO2S/c1-27(2,3)24-18-13-19-25(28(4,5)6)23(24)20-32(30,31)29-26(21-14-9-7-10-15-21)22-16-11-8-12-17-22/h7-20,26,29H,1-6H3. The zero-order valence-corrected chi connectivity index (χ0v) is 20.7. The van der Waals surface area contributed by atoms with Crippen molar-refractivity contribution in [3.8, 4) is 0 Å². The number of hydrogen-bond donors (Lipinski definition) is 1. The van der Waals surface area contributed by atoms with Crippen molar-refractivity contribution in [2.24, 2.45) is 0 Å². The molecule has 0 aromatic heterocycles. The molecule has 0 aliphatic heterocycles. The summed E-state index contributed by atoms with van der Waals surface area (Å²) < 4.78 is 30.0. The van der Waals surface area contributed by atoms with Gasteiger partial charge in [0.15, 0.2) is 0 Å². The van der Waals surface area contributed by atoms with Crippen LogP contribution in [0.25, 0.3) is 0 Å². The Morgan fingerprint density at radius 3 is 1.44 bits per heavy atom. The van der Waals surface area contributed by atoms with Gasteiger partial charge in [0, 0.05) is 0 Å². The summed E-state index contributed by atoms with van der Waals surface area (Å²) >= 11 is 0. The van der Waals surface area contributed by atoms with E-state index in [0.29, 0.717) is 0 Å². The van der Waals surface area contributed by atoms with Crippen molar-refractivity contribution in [3.63, 3.8) is 0 Å². The normalized spacial score (nSPS) is 12.8. The molecule has 3 aromatic rings. The first-order valence-electron chi connectivity index (χ1n) is 11.0. The zero-order valence-electron chi connectivity index (χ0n) is 19.9. The van der Waals surface area contributed by atoms with Crippen molar-refractivity contribution in [1.29, 1.82) is 0 Å². The summed E-state index contributed by atoms with van der Waals surface area (Å²) in [5.41, 5.74) is 4.23. The quantitative estimate of drug-likeness (QED) is 0.468. The van der Waals surface area contributed by atoms with Gasteiger partial charge in [0.1, 0.15) is 5.75 Å². The van der Waals surface area contributed by atoms with Crippen LogP contribution in [-0.2, 0) is 20.9 Å². The smallest absolute Gasteiger partial charge is 0.212 e. The highest BCUT2D eigenvalue weighted by Crippen LogP contribution is 2.36. The number of nitrogens with one attached hydrogen (secondary N) is 1. The van der Waals surface area contributed by atoms with Gasteiger partial charge in [0.05, 0.1) is 6.04 Å². The highest BCUT2D eigenvalue weighted by molar-refractivity contribution is 7.91. The molecule has 0 aliphatic carbocycles. The summed E-state index contributed by atoms with van der Waals surface area (Å²) in [6.45, 7) is 12.7. The lowest BCUT2D eigenvalue weighted by atomic mass is 9.77. The predicted octanol–water partition coefficient (Wildman–Crippen LogP) is 6.50. The van der Waals surface area contributed by atoms with E-state index in [1.807, 2.05) is 78.9 Å². The first-order chi connectivity index (χ1) is 14.9. The maximum Gasteiger partial charge on any atom is 0.221 e. The first kappa shape index (κ1) is 24.2. The van der Waals surface area contributed by atoms with Gasteiger partial charge >= 0.3 is 0 Å². The minimum absolute atomic E-state index is 0.194. The van der Waals surface area contributed by atoms with E-state index in [4.69, 9.17) is 0 Å². The van der Waals surface area contributed by atoms with E-state index < -0.39 is 16.1 Å². The molecule has 1 radical (unpaired) electrons. The summed E-state index contributed by atoms with van der Waals surface area (Å²) in [6, 6.07) is 25.0. The molecule has 3 aromatic carbocycles. The first-order valence-corrected chi connectivity index (χ1v) is 12.5. The second-order valence-corrected chi connectivity index (χ2v) is 11.9. The third-order valence-electron chi connectivity index (χ3n) is 5.54. The van der Waals surface area contributed by atoms with Crippen molar-refractivity contribution in [3.05, 3.63) is 112 Å². The summed E-state index contributed by atoms with van der Waals surface area (Å²) in [5.74, 6) is 1.42. The topological polar surface area (TPSA) is 46.2 Å². The Balaban J connectivity index is 2.05. The molecule has 0 heterocycles. The number of benzene rings is 3. The third kappa shape index (κ3) is 5.87. The van der Waals surface area contributed by atoms with Crippen LogP contribution in [0.3, 0.4) is 0 Å². The molecule has 3 nitrogen and oxygen atoms in total. The average molecular weight is 449 g/mol. The fraction of sp³-hybridized carbons (Fsp3) is 0.321. The molecule has 0 saturated carbocycles. The second-order valence-electron chi connectivity index (χ2n) is 10.3. The van der Waals surface area contributed by atoms with Crippen molar-refractivity contribution in [1.82, 2.24) is 4.72 Å². The molecule has 0 unspecified atom stereocenters. The largest absolute Gasteiger partial charge is 0.221 e. The Morgan fingerprint density at radius 1 is 0.656 bits per heavy atom. The van der Waals surface area contributed by atoms with Gasteiger partial charge in [-0.2, -0.15) is 0 Å². The SMILES string of the molecule is CC(C)(C)c1cccc(C(C)(C)C)c1[CH]S(=O)(=O)NC(c1ccccc1)c1ccccc1. The molecule has 0 atom stereocenters. The van der Waals surface area contributed by atoms with Crippen molar-refractivity contribution in [2.75, 3.05) is 0 Å². The van der Waals surface area contributed by atoms with Gasteiger partial charge in [-0.05, 0) is 38.6 Å². The van der Waals surface area contributed by atoms with Crippen LogP contribution in [0.15, 0.2) is 78.9 Å². The lowest BCUT2D eigenvalue weighted by Crippen LogP contribution is -2.31. The van der Waals surface area contributed by atoms with Crippen LogP contribution >= 0.6 is 0 Å². The van der Waals surface area contributed by atoms with Crippen LogP contribution in [0.5, 0.6) is 0 Å². The third-order valence-corrected chi connectivity index (χ3v) is 6.65. The number of sulfonamides is 1. The fourth-order valence-corrected chi connectivity index (χ4v) is 5.21. The minimum atomic E-state index is -3.77. The molecule has 0 saturated heterocycles. The minimum Gasteiger partial charge on any atom is -0.212 e. The van der Waals surface area contributed by atoms with Crippen LogP contribution in [0.1, 0.15) is 75.4 Å². The van der Waals surface area contributed by atoms with Gasteiger partial charge in [-0.25, -0.2) is 13.1 Å². The summed E-state index contributed by atoms with van der Waals surface area (Å²) in [4.78, 5) is 0. The molecule has 1 N–H and O–H groups in total. The van der Waals surface area contributed by atoms with Crippen molar-refractivity contribution < 1.29 is 8.42 Å². The highest BCUT2D eigenvalue weighted by Gasteiger charge is 2.30. The van der Waals surface area contributed by atoms with E-state index in [0.717, 1.165) is 27.8 Å². The Kier molecular flexibility index (Phi) is 6.97. The Hall–Kier alpha value is -2.43. The molecule has 3 rings (SSSR count). The summed E-state index contributed by atoms with van der Waals surface area (Å²) in [7, 11) is -3.77. The molecule has 0 spiro atoms. The molecule has 0 amide bonds. The summed E-state index contributed by atoms with van der Waals surface area (Å²) in [5, 5.41) is 0. The molecular weight excluding hydrogens is 414 g/mol. The van der Waals surface area contributed by atoms with Gasteiger partial charge in [-0.15, -0.1) is 0 Å². The van der Waals surface area contributed by atoms with Crippen LogP contribution in [0.2, 0.25) is 0 Å². The van der Waals surface area contributed by atoms with Gasteiger partial charge in [0.2, 0.25) is 10.0 Å². The molecule has 169 valence electrons. The number of rotatable bonds is 6. The van der Waals surface area contributed by atoms with Crippen molar-refractivity contribution in [2.45, 2.75) is 58.4 Å². The molecule has 0 bridgehead atoms. The predicted molar refractivity (Wildman–Crippen MR) is 134 cm³/mol. The monoisotopic (exact) mass is 448 g/mol. The molecule has 4 heteroatoms. The van der Waals surface area contributed by atoms with E-state index in [1.54, 1.807) is 0 Å². The van der Waals surface area contributed by atoms with Crippen LogP contribution in [0, 0.1) is 5.75 Å². The lowest BCUT2D eigenvalue weighted by Gasteiger charge is -2.30. The molecule has 0 fully saturated rings. The zero-order chi connectivity index (χ0) is 23.6. The Bertz CT molecular complexity index is 1070. The van der Waals surface area contributed by atoms with Crippen molar-refractivity contribution >= 4 is 10.0 Å². The number of hydrogen-bond acceptors (Lipinski definition) is 2. The molecule has 32 heavy (non-hydrogen) atoms. The van der Waals surface area contributed by atoms with Gasteiger partial charge < -0.3 is 0 Å². The maximum atomic E-state index is 13.5. The van der Waals surface area contributed by atoms with Crippen LogP contribution in [0.4, 0.5) is 0 Å². The summed E-state index contributed by atoms with van der Waals surface area (Å²) in [6.07, 6.45) is 0. The lowest BCUT2D eigenvalue weighted by molar-refractivity contribution is 0.560. The van der Waals surface area contributed by atoms with Crippen LogP contribution < -0.4 is 4.72 Å². The van der Waals surface area contributed by atoms with E-state index in [9.17, 15) is 8.42 Å². The maximum absolute atomic E-state index is 13.5.